The number of nitrogens with one attached hydrogen (secondary N) is 1. The van der Waals surface area contributed by atoms with E-state index in [-0.39, 0.29) is 26.4 Å². The molecule has 5 nitrogen and oxygen atoms in total. The summed E-state index contributed by atoms with van der Waals surface area (Å²) in [6, 6.07) is 7.08. The quantitative estimate of drug-likeness (QED) is 0.527. The molecular weight excluding hydrogens is 345 g/mol. The highest BCUT2D eigenvalue weighted by molar-refractivity contribution is 7.85. The highest BCUT2D eigenvalue weighted by Crippen LogP contribution is 2.37. The Balaban J connectivity index is 2.23. The molecule has 24 heavy (non-hydrogen) atoms. The van der Waals surface area contributed by atoms with Crippen LogP contribution in [0.2, 0.25) is 0 Å². The number of hydrogen-bond acceptors (Lipinski definition) is 3. The van der Waals surface area contributed by atoms with Crippen molar-refractivity contribution in [3.05, 3.63) is 62.8 Å². The summed E-state index contributed by atoms with van der Waals surface area (Å²) in [5.74, 6) is 0. The maximum absolute atomic E-state index is 13.0. The van der Waals surface area contributed by atoms with E-state index < -0.39 is 33.8 Å². The van der Waals surface area contributed by atoms with Crippen molar-refractivity contribution in [2.75, 3.05) is 0 Å². The van der Waals surface area contributed by atoms with Gasteiger partial charge in [-0.3, -0.25) is 14.3 Å². The van der Waals surface area contributed by atoms with E-state index in [1.165, 1.54) is 18.2 Å². The topological polar surface area (TPSA) is 71.9 Å². The summed E-state index contributed by atoms with van der Waals surface area (Å²) < 4.78 is 52.6. The second kappa shape index (κ2) is 4.67. The lowest BCUT2D eigenvalue weighted by atomic mass is 10.1. The lowest BCUT2D eigenvalue weighted by Crippen LogP contribution is -2.32. The van der Waals surface area contributed by atoms with Crippen molar-refractivity contribution < 1.29 is 17.4 Å². The normalized spacial score (nSPS) is 16.2. The molecule has 4 rings (SSSR count). The van der Waals surface area contributed by atoms with Crippen LogP contribution in [0.15, 0.2) is 55.8 Å². The van der Waals surface area contributed by atoms with Gasteiger partial charge in [0.1, 0.15) is 0 Å². The van der Waals surface area contributed by atoms with E-state index in [2.05, 4.69) is 4.98 Å². The average Bonchev–Trinajstić information content (AvgIpc) is 2.52. The van der Waals surface area contributed by atoms with E-state index in [0.717, 1.165) is 22.8 Å². The van der Waals surface area contributed by atoms with Crippen molar-refractivity contribution in [1.82, 2.24) is 9.55 Å². The fourth-order valence-electron chi connectivity index (χ4n) is 2.78. The summed E-state index contributed by atoms with van der Waals surface area (Å²) >= 11 is 0. The number of para-hydroxylation sites is 1. The molecule has 2 heterocycles. The zero-order valence-corrected chi connectivity index (χ0v) is 12.5. The summed E-state index contributed by atoms with van der Waals surface area (Å²) in [5, 5.41) is 0.0866. The number of aromatic amines is 1. The van der Waals surface area contributed by atoms with Crippen LogP contribution >= 0.6 is 0 Å². The van der Waals surface area contributed by atoms with Gasteiger partial charge < -0.3 is 0 Å². The van der Waals surface area contributed by atoms with Gasteiger partial charge in [0.25, 0.3) is 5.56 Å². The third-order valence-corrected chi connectivity index (χ3v) is 5.29. The van der Waals surface area contributed by atoms with Gasteiger partial charge in [-0.2, -0.15) is 13.2 Å². The molecule has 1 aromatic heterocycles. The number of nitrogens with zero attached hydrogens (tertiary/aromatic N) is 1. The van der Waals surface area contributed by atoms with E-state index in [9.17, 15) is 27.0 Å². The smallest absolute Gasteiger partial charge is 0.273 e. The second-order valence-corrected chi connectivity index (χ2v) is 6.61. The standard InChI is InChI=1S/C15H7F3N2O3S/c16-15(17,18)7-4-5-10-9(6-7)20-12-8(13(21)19-14(20)22)2-1-3-11(12)24(10)23/h1-6H,(H,19,21,22). The molecule has 0 spiro atoms. The van der Waals surface area contributed by atoms with Crippen LogP contribution in [-0.2, 0) is 17.0 Å². The number of halogens is 3. The van der Waals surface area contributed by atoms with Gasteiger partial charge in [-0.15, -0.1) is 0 Å². The number of alkyl halides is 3. The Labute approximate surface area is 133 Å². The summed E-state index contributed by atoms with van der Waals surface area (Å²) in [6.07, 6.45) is -4.61. The number of benzene rings is 2. The summed E-state index contributed by atoms with van der Waals surface area (Å²) in [4.78, 5) is 26.5. The molecule has 0 saturated heterocycles. The van der Waals surface area contributed by atoms with Crippen LogP contribution in [0.5, 0.6) is 0 Å². The molecule has 0 bridgehead atoms. The number of fused-ring (bicyclic) bond motifs is 2. The minimum absolute atomic E-state index is 0.0661. The van der Waals surface area contributed by atoms with Crippen LogP contribution in [0.4, 0.5) is 13.2 Å². The van der Waals surface area contributed by atoms with Gasteiger partial charge in [0, 0.05) is 0 Å². The maximum atomic E-state index is 13.0. The Bertz CT molecular complexity index is 1160. The number of rotatable bonds is 0. The lowest BCUT2D eigenvalue weighted by Gasteiger charge is -2.22. The number of aromatic nitrogens is 2. The first-order valence-corrected chi connectivity index (χ1v) is 7.85. The van der Waals surface area contributed by atoms with Crippen molar-refractivity contribution in [3.63, 3.8) is 0 Å². The van der Waals surface area contributed by atoms with Crippen LogP contribution in [0.25, 0.3) is 16.6 Å². The highest BCUT2D eigenvalue weighted by Gasteiger charge is 2.34. The van der Waals surface area contributed by atoms with Gasteiger partial charge >= 0.3 is 11.9 Å². The molecule has 1 N–H and O–H groups in total. The first kappa shape index (κ1) is 14.9. The molecule has 1 aliphatic heterocycles. The van der Waals surface area contributed by atoms with Crippen LogP contribution in [0.1, 0.15) is 5.56 Å². The second-order valence-electron chi connectivity index (χ2n) is 5.20. The van der Waals surface area contributed by atoms with Gasteiger partial charge in [-0.25, -0.2) is 9.00 Å². The fourth-order valence-corrected chi connectivity index (χ4v) is 4.13. The number of hydrogen-bond donors (Lipinski definition) is 1. The minimum Gasteiger partial charge on any atom is -0.273 e. The van der Waals surface area contributed by atoms with Crippen LogP contribution in [0, 0.1) is 0 Å². The van der Waals surface area contributed by atoms with Gasteiger partial charge in [-0.05, 0) is 30.3 Å². The van der Waals surface area contributed by atoms with Crippen molar-refractivity contribution in [2.24, 2.45) is 0 Å². The van der Waals surface area contributed by atoms with Crippen LogP contribution in [-0.4, -0.2) is 13.8 Å². The van der Waals surface area contributed by atoms with Crippen LogP contribution < -0.4 is 11.2 Å². The zero-order chi connectivity index (χ0) is 17.2. The van der Waals surface area contributed by atoms with Crippen molar-refractivity contribution in [2.45, 2.75) is 16.0 Å². The zero-order valence-electron chi connectivity index (χ0n) is 11.7. The molecule has 0 aliphatic carbocycles. The molecule has 9 heteroatoms. The van der Waals surface area contributed by atoms with E-state index in [1.54, 1.807) is 0 Å². The van der Waals surface area contributed by atoms with Gasteiger partial charge in [0.15, 0.2) is 0 Å². The van der Waals surface area contributed by atoms with E-state index in [0.29, 0.717) is 0 Å². The third kappa shape index (κ3) is 1.91. The van der Waals surface area contributed by atoms with E-state index >= 15 is 0 Å². The largest absolute Gasteiger partial charge is 0.416 e. The lowest BCUT2D eigenvalue weighted by molar-refractivity contribution is -0.137. The van der Waals surface area contributed by atoms with Gasteiger partial charge in [0.2, 0.25) is 0 Å². The summed E-state index contributed by atoms with van der Waals surface area (Å²) in [6.45, 7) is 0. The van der Waals surface area contributed by atoms with Crippen molar-refractivity contribution >= 4 is 21.7 Å². The molecular formula is C15H7F3N2O3S. The molecule has 0 radical (unpaired) electrons. The Morgan fingerprint density at radius 1 is 1.04 bits per heavy atom. The molecule has 122 valence electrons. The minimum atomic E-state index is -4.61. The molecule has 1 aliphatic rings. The Hall–Kier alpha value is -2.68. The Morgan fingerprint density at radius 2 is 1.79 bits per heavy atom. The SMILES string of the molecule is O=c1[nH]c(=O)n2c3c(cccc13)S(=O)c1ccc(C(F)(F)F)cc1-2. The molecule has 1 unspecified atom stereocenters. The van der Waals surface area contributed by atoms with Gasteiger partial charge in [0.05, 0.1) is 42.7 Å². The molecule has 0 amide bonds. The van der Waals surface area contributed by atoms with Crippen molar-refractivity contribution in [1.29, 1.82) is 0 Å². The Morgan fingerprint density at radius 3 is 2.50 bits per heavy atom. The van der Waals surface area contributed by atoms with Crippen molar-refractivity contribution in [3.8, 4) is 5.69 Å². The third-order valence-electron chi connectivity index (χ3n) is 3.82. The predicted molar refractivity (Wildman–Crippen MR) is 79.8 cm³/mol. The van der Waals surface area contributed by atoms with E-state index in [4.69, 9.17) is 0 Å². The van der Waals surface area contributed by atoms with Gasteiger partial charge in [-0.1, -0.05) is 6.07 Å². The molecule has 0 fully saturated rings. The van der Waals surface area contributed by atoms with E-state index in [1.807, 2.05) is 0 Å². The average molecular weight is 352 g/mol. The summed E-state index contributed by atoms with van der Waals surface area (Å²) in [5.41, 5.74) is -2.61. The monoisotopic (exact) mass is 352 g/mol. The van der Waals surface area contributed by atoms with Crippen LogP contribution in [0.3, 0.4) is 0 Å². The fraction of sp³-hybridized carbons (Fsp3) is 0.0667. The molecule has 2 aromatic carbocycles. The maximum Gasteiger partial charge on any atom is 0.416 e. The number of H-pyrrole nitrogens is 1. The summed E-state index contributed by atoms with van der Waals surface area (Å²) in [7, 11) is -1.79. The first-order chi connectivity index (χ1) is 11.3. The predicted octanol–water partition coefficient (Wildman–Crippen LogP) is 2.18. The Kier molecular flexibility index (Phi) is 2.89. The highest BCUT2D eigenvalue weighted by atomic mass is 32.2. The molecule has 0 saturated carbocycles. The first-order valence-electron chi connectivity index (χ1n) is 6.70. The molecule has 3 aromatic rings. The molecule has 1 atom stereocenters.